The first kappa shape index (κ1) is 15.5. The van der Waals surface area contributed by atoms with Crippen molar-refractivity contribution in [1.82, 2.24) is 19.8 Å². The van der Waals surface area contributed by atoms with Gasteiger partial charge in [0.2, 0.25) is 0 Å². The average molecular weight is 348 g/mol. The second-order valence-corrected chi connectivity index (χ2v) is 7.67. The van der Waals surface area contributed by atoms with Crippen molar-refractivity contribution in [2.75, 3.05) is 13.1 Å². The van der Waals surface area contributed by atoms with Crippen LogP contribution in [0.3, 0.4) is 0 Å². The van der Waals surface area contributed by atoms with Crippen LogP contribution in [0.2, 0.25) is 0 Å². The second-order valence-electron chi connectivity index (χ2n) is 7.67. The fourth-order valence-electron chi connectivity index (χ4n) is 4.43. The van der Waals surface area contributed by atoms with Gasteiger partial charge in [-0.1, -0.05) is 30.3 Å². The summed E-state index contributed by atoms with van der Waals surface area (Å²) in [6.07, 6.45) is 6.73. The summed E-state index contributed by atoms with van der Waals surface area (Å²) in [4.78, 5) is 37.3. The van der Waals surface area contributed by atoms with Crippen molar-refractivity contribution in [2.24, 2.45) is 5.92 Å². The number of carbonyl (C=O) groups excluding carboxylic acids is 2. The molecule has 6 heteroatoms. The van der Waals surface area contributed by atoms with Crippen molar-refractivity contribution in [3.05, 3.63) is 48.3 Å². The van der Waals surface area contributed by atoms with Crippen LogP contribution in [-0.4, -0.2) is 50.2 Å². The average Bonchev–Trinajstić information content (AvgIpc) is 2.60. The number of aromatic nitrogens is 2. The second kappa shape index (κ2) is 5.62. The number of rotatable bonds is 4. The molecule has 6 rings (SSSR count). The maximum absolute atomic E-state index is 12.5. The number of piperazine rings is 1. The summed E-state index contributed by atoms with van der Waals surface area (Å²) in [5, 5.41) is 0. The van der Waals surface area contributed by atoms with Crippen LogP contribution >= 0.6 is 0 Å². The van der Waals surface area contributed by atoms with Gasteiger partial charge in [0.25, 0.3) is 0 Å². The first-order valence-electron chi connectivity index (χ1n) is 9.12. The predicted molar refractivity (Wildman–Crippen MR) is 94.7 cm³/mol. The Kier molecular flexibility index (Phi) is 3.35. The monoisotopic (exact) mass is 348 g/mol. The molecule has 0 spiro atoms. The van der Waals surface area contributed by atoms with Gasteiger partial charge < -0.3 is 9.80 Å². The van der Waals surface area contributed by atoms with Gasteiger partial charge in [0.05, 0.1) is 0 Å². The quantitative estimate of drug-likeness (QED) is 0.791. The minimum absolute atomic E-state index is 0.0178. The van der Waals surface area contributed by atoms with Crippen LogP contribution in [0.4, 0.5) is 0 Å². The number of benzene rings is 1. The van der Waals surface area contributed by atoms with Crippen LogP contribution < -0.4 is 0 Å². The van der Waals surface area contributed by atoms with E-state index in [1.165, 1.54) is 0 Å². The third-order valence-electron chi connectivity index (χ3n) is 6.00. The van der Waals surface area contributed by atoms with E-state index in [4.69, 9.17) is 0 Å². The van der Waals surface area contributed by atoms with E-state index in [0.717, 1.165) is 36.3 Å². The maximum Gasteiger partial charge on any atom is 0.312 e. The van der Waals surface area contributed by atoms with Gasteiger partial charge in [0.1, 0.15) is 0 Å². The van der Waals surface area contributed by atoms with Gasteiger partial charge in [-0.15, -0.1) is 0 Å². The van der Waals surface area contributed by atoms with Gasteiger partial charge in [-0.05, 0) is 25.2 Å². The lowest BCUT2D eigenvalue weighted by Crippen LogP contribution is -2.73. The third kappa shape index (κ3) is 2.32. The fourth-order valence-corrected chi connectivity index (χ4v) is 4.43. The van der Waals surface area contributed by atoms with Gasteiger partial charge in [0, 0.05) is 48.7 Å². The topological polar surface area (TPSA) is 66.4 Å². The standard InChI is InChI=1S/C20H20N4O2/c25-18-19(26)24(20-8-14(9-20)10-20)7-6-23(18)13-15-11-21-17(22-12-15)16-4-2-1-3-5-16/h1-5,11-12,14H,6-10,13H2. The highest BCUT2D eigenvalue weighted by molar-refractivity contribution is 6.35. The molecule has 1 aromatic heterocycles. The van der Waals surface area contributed by atoms with Crippen LogP contribution in [-0.2, 0) is 16.1 Å². The number of amides is 2. The SMILES string of the molecule is O=C1C(=O)N(C23CC(C2)C3)CCN1Cc1cnc(-c2ccccc2)nc1. The Morgan fingerprint density at radius 3 is 2.27 bits per heavy atom. The highest BCUT2D eigenvalue weighted by atomic mass is 16.2. The van der Waals surface area contributed by atoms with Crippen LogP contribution in [0.25, 0.3) is 11.4 Å². The first-order chi connectivity index (χ1) is 12.6. The van der Waals surface area contributed by atoms with Gasteiger partial charge in [-0.25, -0.2) is 9.97 Å². The Morgan fingerprint density at radius 1 is 0.962 bits per heavy atom. The molecule has 0 atom stereocenters. The van der Waals surface area contributed by atoms with E-state index in [9.17, 15) is 9.59 Å². The van der Waals surface area contributed by atoms with Crippen molar-refractivity contribution >= 4 is 11.8 Å². The van der Waals surface area contributed by atoms with Gasteiger partial charge in [0.15, 0.2) is 5.82 Å². The molecule has 2 amide bonds. The highest BCUT2D eigenvalue weighted by Gasteiger charge is 2.62. The molecular weight excluding hydrogens is 328 g/mol. The van der Waals surface area contributed by atoms with Gasteiger partial charge >= 0.3 is 11.8 Å². The summed E-state index contributed by atoms with van der Waals surface area (Å²) in [5.74, 6) is 0.714. The summed E-state index contributed by atoms with van der Waals surface area (Å²) < 4.78 is 0. The van der Waals surface area contributed by atoms with E-state index in [1.54, 1.807) is 17.3 Å². The van der Waals surface area contributed by atoms with Gasteiger partial charge in [-0.2, -0.15) is 0 Å². The van der Waals surface area contributed by atoms with Crippen molar-refractivity contribution in [1.29, 1.82) is 0 Å². The van der Waals surface area contributed by atoms with E-state index in [0.29, 0.717) is 25.5 Å². The van der Waals surface area contributed by atoms with Crippen molar-refractivity contribution in [3.63, 3.8) is 0 Å². The Hall–Kier alpha value is -2.76. The van der Waals surface area contributed by atoms with E-state index >= 15 is 0 Å². The number of carbonyl (C=O) groups is 2. The first-order valence-corrected chi connectivity index (χ1v) is 9.12. The summed E-state index contributed by atoms with van der Waals surface area (Å²) in [6, 6.07) is 9.76. The molecule has 1 aliphatic heterocycles. The summed E-state index contributed by atoms with van der Waals surface area (Å²) in [5.41, 5.74) is 1.81. The molecule has 4 aliphatic rings. The molecule has 6 nitrogen and oxygen atoms in total. The van der Waals surface area contributed by atoms with E-state index < -0.39 is 5.91 Å². The normalized spacial score (nSPS) is 27.2. The molecule has 0 N–H and O–H groups in total. The molecule has 4 fully saturated rings. The zero-order valence-corrected chi connectivity index (χ0v) is 14.5. The number of nitrogens with zero attached hydrogens (tertiary/aromatic N) is 4. The Bertz CT molecular complexity index is 848. The zero-order chi connectivity index (χ0) is 17.7. The van der Waals surface area contributed by atoms with Crippen LogP contribution in [0.5, 0.6) is 0 Å². The lowest BCUT2D eigenvalue weighted by Gasteiger charge is -2.66. The van der Waals surface area contributed by atoms with E-state index in [1.807, 2.05) is 35.2 Å². The Morgan fingerprint density at radius 2 is 1.65 bits per heavy atom. The maximum atomic E-state index is 12.5. The molecule has 26 heavy (non-hydrogen) atoms. The molecule has 1 aromatic carbocycles. The zero-order valence-electron chi connectivity index (χ0n) is 14.5. The minimum Gasteiger partial charge on any atom is -0.328 e. The Balaban J connectivity index is 1.26. The molecule has 0 radical (unpaired) electrons. The molecule has 0 unspecified atom stereocenters. The van der Waals surface area contributed by atoms with E-state index in [2.05, 4.69) is 9.97 Å². The van der Waals surface area contributed by atoms with E-state index in [-0.39, 0.29) is 11.4 Å². The third-order valence-corrected chi connectivity index (χ3v) is 6.00. The highest BCUT2D eigenvalue weighted by Crippen LogP contribution is 2.60. The summed E-state index contributed by atoms with van der Waals surface area (Å²) in [6.45, 7) is 1.60. The summed E-state index contributed by atoms with van der Waals surface area (Å²) in [7, 11) is 0. The van der Waals surface area contributed by atoms with Gasteiger partial charge in [-0.3, -0.25) is 9.59 Å². The molecule has 2 aromatic rings. The van der Waals surface area contributed by atoms with Crippen molar-refractivity contribution < 1.29 is 9.59 Å². The number of hydrogen-bond donors (Lipinski definition) is 0. The molecule has 3 saturated carbocycles. The van der Waals surface area contributed by atoms with Crippen LogP contribution in [0.15, 0.2) is 42.7 Å². The molecule has 1 saturated heterocycles. The lowest BCUT2D eigenvalue weighted by molar-refractivity contribution is -0.186. The fraction of sp³-hybridized carbons (Fsp3) is 0.400. The molecule has 2 heterocycles. The largest absolute Gasteiger partial charge is 0.328 e. The number of hydrogen-bond acceptors (Lipinski definition) is 4. The molecule has 132 valence electrons. The summed E-state index contributed by atoms with van der Waals surface area (Å²) >= 11 is 0. The van der Waals surface area contributed by atoms with Crippen LogP contribution in [0, 0.1) is 5.92 Å². The minimum atomic E-state index is -0.395. The van der Waals surface area contributed by atoms with Crippen LogP contribution in [0.1, 0.15) is 24.8 Å². The molecule has 3 aliphatic carbocycles. The predicted octanol–water partition coefficient (Wildman–Crippen LogP) is 1.87. The smallest absolute Gasteiger partial charge is 0.312 e. The van der Waals surface area contributed by atoms with Crippen molar-refractivity contribution in [3.8, 4) is 11.4 Å². The molecular formula is C20H20N4O2. The van der Waals surface area contributed by atoms with Crippen molar-refractivity contribution in [2.45, 2.75) is 31.3 Å². The lowest BCUT2D eigenvalue weighted by atomic mass is 9.49. The molecule has 2 bridgehead atoms. The Labute approximate surface area is 151 Å².